The number of carbonyl (C=O) groups is 2. The predicted octanol–water partition coefficient (Wildman–Crippen LogP) is 3.17. The molecule has 1 fully saturated rings. The number of amides is 1. The van der Waals surface area contributed by atoms with E-state index in [1.807, 2.05) is 30.3 Å². The van der Waals surface area contributed by atoms with Gasteiger partial charge in [0.1, 0.15) is 0 Å². The lowest BCUT2D eigenvalue weighted by Crippen LogP contribution is -2.34. The van der Waals surface area contributed by atoms with Gasteiger partial charge in [0, 0.05) is 22.8 Å². The van der Waals surface area contributed by atoms with Gasteiger partial charge < -0.3 is 14.8 Å². The second-order valence-corrected chi connectivity index (χ2v) is 6.69. The van der Waals surface area contributed by atoms with Crippen LogP contribution in [0.2, 0.25) is 0 Å². The molecule has 1 heterocycles. The number of carbonyl (C=O) groups excluding carboxylic acids is 1. The van der Waals surface area contributed by atoms with E-state index < -0.39 is 11.4 Å². The lowest BCUT2D eigenvalue weighted by atomic mass is 10.1. The Morgan fingerprint density at radius 1 is 1.22 bits per heavy atom. The van der Waals surface area contributed by atoms with Gasteiger partial charge in [-0.3, -0.25) is 9.59 Å². The van der Waals surface area contributed by atoms with E-state index in [9.17, 15) is 9.59 Å². The number of rotatable bonds is 7. The smallest absolute Gasteiger partial charge is 0.311 e. The number of furan rings is 1. The molecule has 2 aromatic rings. The molecule has 1 aromatic carbocycles. The first-order valence-corrected chi connectivity index (χ1v) is 8.35. The predicted molar refractivity (Wildman–Crippen MR) is 86.3 cm³/mol. The summed E-state index contributed by atoms with van der Waals surface area (Å²) in [5.41, 5.74) is 0.0258. The topological polar surface area (TPSA) is 79.5 Å². The average molecular weight is 331 g/mol. The Kier molecular flexibility index (Phi) is 4.43. The number of nitrogens with one attached hydrogen (secondary N) is 1. The van der Waals surface area contributed by atoms with Crippen molar-refractivity contribution in [3.8, 4) is 0 Å². The summed E-state index contributed by atoms with van der Waals surface area (Å²) in [5, 5.41) is 11.8. The summed E-state index contributed by atoms with van der Waals surface area (Å²) in [7, 11) is 0. The van der Waals surface area contributed by atoms with Crippen LogP contribution in [-0.4, -0.2) is 23.5 Å². The summed E-state index contributed by atoms with van der Waals surface area (Å²) in [6.45, 7) is 0.146. The van der Waals surface area contributed by atoms with Crippen molar-refractivity contribution in [2.45, 2.75) is 23.5 Å². The lowest BCUT2D eigenvalue weighted by molar-refractivity contribution is -0.143. The Balaban J connectivity index is 1.59. The van der Waals surface area contributed by atoms with Crippen molar-refractivity contribution in [1.29, 1.82) is 0 Å². The molecule has 120 valence electrons. The summed E-state index contributed by atoms with van der Waals surface area (Å²) in [5.74, 6) is -0.328. The van der Waals surface area contributed by atoms with Gasteiger partial charge in [-0.05, 0) is 31.0 Å². The fraction of sp³-hybridized carbons (Fsp3) is 0.294. The third-order valence-corrected chi connectivity index (χ3v) is 5.05. The summed E-state index contributed by atoms with van der Waals surface area (Å²) < 4.78 is 5.29. The Morgan fingerprint density at radius 2 is 1.96 bits per heavy atom. The lowest BCUT2D eigenvalue weighted by Gasteiger charge is -2.10. The molecule has 0 aliphatic heterocycles. The molecule has 2 N–H and O–H groups in total. The number of aliphatic carboxylic acids is 1. The molecule has 0 atom stereocenters. The number of thioether (sulfide) groups is 1. The highest BCUT2D eigenvalue weighted by Gasteiger charge is 2.50. The molecule has 3 rings (SSSR count). The number of carboxylic acid groups (broad SMARTS) is 1. The molecule has 6 heteroatoms. The zero-order valence-corrected chi connectivity index (χ0v) is 13.3. The highest BCUT2D eigenvalue weighted by Crippen LogP contribution is 2.45. The van der Waals surface area contributed by atoms with Gasteiger partial charge in [0.05, 0.1) is 11.7 Å². The molecule has 1 amide bonds. The fourth-order valence-corrected chi connectivity index (χ4v) is 3.17. The normalized spacial score (nSPS) is 15.1. The Labute approximate surface area is 138 Å². The van der Waals surface area contributed by atoms with Crippen LogP contribution in [0, 0.1) is 5.41 Å². The molecule has 1 aliphatic rings. The first-order chi connectivity index (χ1) is 11.1. The van der Waals surface area contributed by atoms with Crippen molar-refractivity contribution in [3.05, 3.63) is 54.0 Å². The van der Waals surface area contributed by atoms with Crippen LogP contribution < -0.4 is 5.32 Å². The molecule has 0 unspecified atom stereocenters. The number of hydrogen-bond acceptors (Lipinski definition) is 4. The molecule has 23 heavy (non-hydrogen) atoms. The van der Waals surface area contributed by atoms with Gasteiger partial charge >= 0.3 is 5.97 Å². The van der Waals surface area contributed by atoms with E-state index in [4.69, 9.17) is 9.52 Å². The highest BCUT2D eigenvalue weighted by atomic mass is 32.2. The van der Waals surface area contributed by atoms with Gasteiger partial charge in [-0.25, -0.2) is 0 Å². The Hall–Kier alpha value is -2.21. The summed E-state index contributed by atoms with van der Waals surface area (Å²) in [6, 6.07) is 11.7. The van der Waals surface area contributed by atoms with Crippen molar-refractivity contribution in [2.75, 3.05) is 6.54 Å². The van der Waals surface area contributed by atoms with E-state index in [1.165, 1.54) is 6.26 Å². The maximum absolute atomic E-state index is 12.2. The molecule has 1 aromatic heterocycles. The van der Waals surface area contributed by atoms with Crippen molar-refractivity contribution in [2.24, 2.45) is 5.41 Å². The molecule has 5 nitrogen and oxygen atoms in total. The van der Waals surface area contributed by atoms with Gasteiger partial charge in [-0.15, -0.1) is 11.8 Å². The maximum Gasteiger partial charge on any atom is 0.311 e. The first kappa shape index (κ1) is 15.7. The molecule has 0 saturated heterocycles. The monoisotopic (exact) mass is 331 g/mol. The zero-order valence-electron chi connectivity index (χ0n) is 12.5. The van der Waals surface area contributed by atoms with Crippen molar-refractivity contribution >= 4 is 23.6 Å². The van der Waals surface area contributed by atoms with Crippen LogP contribution >= 0.6 is 11.8 Å². The maximum atomic E-state index is 12.2. The SMILES string of the molecule is O=C(NCC1(C(=O)O)CC1)c1occc1CSc1ccccc1. The Morgan fingerprint density at radius 3 is 2.61 bits per heavy atom. The van der Waals surface area contributed by atoms with Crippen LogP contribution in [0.4, 0.5) is 0 Å². The van der Waals surface area contributed by atoms with Crippen LogP contribution in [0.15, 0.2) is 52.0 Å². The number of benzene rings is 1. The van der Waals surface area contributed by atoms with E-state index in [1.54, 1.807) is 17.8 Å². The summed E-state index contributed by atoms with van der Waals surface area (Å²) >= 11 is 1.62. The quantitative estimate of drug-likeness (QED) is 0.762. The minimum Gasteiger partial charge on any atom is -0.481 e. The minimum absolute atomic E-state index is 0.146. The summed E-state index contributed by atoms with van der Waals surface area (Å²) in [6.07, 6.45) is 2.70. The third kappa shape index (κ3) is 3.59. The molecule has 1 aliphatic carbocycles. The third-order valence-electron chi connectivity index (χ3n) is 3.99. The van der Waals surface area contributed by atoms with E-state index in [0.29, 0.717) is 18.6 Å². The van der Waals surface area contributed by atoms with Crippen LogP contribution in [0.5, 0.6) is 0 Å². The highest BCUT2D eigenvalue weighted by molar-refractivity contribution is 7.98. The van der Waals surface area contributed by atoms with Gasteiger partial charge in [0.2, 0.25) is 0 Å². The van der Waals surface area contributed by atoms with Crippen molar-refractivity contribution in [1.82, 2.24) is 5.32 Å². The van der Waals surface area contributed by atoms with Gasteiger partial charge in [-0.1, -0.05) is 18.2 Å². The van der Waals surface area contributed by atoms with Gasteiger partial charge in [-0.2, -0.15) is 0 Å². The largest absolute Gasteiger partial charge is 0.481 e. The van der Waals surface area contributed by atoms with Crippen LogP contribution in [0.25, 0.3) is 0 Å². The molecule has 1 saturated carbocycles. The molecular formula is C17H17NO4S. The van der Waals surface area contributed by atoms with Crippen LogP contribution in [0.3, 0.4) is 0 Å². The van der Waals surface area contributed by atoms with E-state index in [-0.39, 0.29) is 18.2 Å². The van der Waals surface area contributed by atoms with Gasteiger partial charge in [0.15, 0.2) is 5.76 Å². The molecular weight excluding hydrogens is 314 g/mol. The minimum atomic E-state index is -0.850. The summed E-state index contributed by atoms with van der Waals surface area (Å²) in [4.78, 5) is 24.5. The second-order valence-electron chi connectivity index (χ2n) is 5.64. The molecule has 0 spiro atoms. The van der Waals surface area contributed by atoms with E-state index in [2.05, 4.69) is 5.32 Å². The van der Waals surface area contributed by atoms with Crippen molar-refractivity contribution in [3.63, 3.8) is 0 Å². The zero-order chi connectivity index (χ0) is 16.3. The Bertz CT molecular complexity index is 706. The van der Waals surface area contributed by atoms with Crippen molar-refractivity contribution < 1.29 is 19.1 Å². The standard InChI is InChI=1S/C17H17NO4S/c19-15(18-11-17(7-8-17)16(20)21)14-12(6-9-22-14)10-23-13-4-2-1-3-5-13/h1-6,9H,7-8,10-11H2,(H,18,19)(H,20,21). The first-order valence-electron chi connectivity index (χ1n) is 7.36. The number of carboxylic acids is 1. The van der Waals surface area contributed by atoms with E-state index in [0.717, 1.165) is 10.5 Å². The molecule has 0 radical (unpaired) electrons. The van der Waals surface area contributed by atoms with Crippen LogP contribution in [-0.2, 0) is 10.5 Å². The second kappa shape index (κ2) is 6.50. The number of hydrogen-bond donors (Lipinski definition) is 2. The molecule has 0 bridgehead atoms. The van der Waals surface area contributed by atoms with E-state index >= 15 is 0 Å². The average Bonchev–Trinajstić information content (AvgIpc) is 3.22. The van der Waals surface area contributed by atoms with Crippen LogP contribution in [0.1, 0.15) is 29.0 Å². The fourth-order valence-electron chi connectivity index (χ4n) is 2.27. The van der Waals surface area contributed by atoms with Gasteiger partial charge in [0.25, 0.3) is 5.91 Å².